The molecule has 2 fully saturated rings. The van der Waals surface area contributed by atoms with Gasteiger partial charge in [-0.1, -0.05) is 24.3 Å². The van der Waals surface area contributed by atoms with Crippen LogP contribution in [0.5, 0.6) is 11.5 Å². The third kappa shape index (κ3) is 4.48. The van der Waals surface area contributed by atoms with Crippen LogP contribution in [0.15, 0.2) is 48.5 Å². The van der Waals surface area contributed by atoms with Gasteiger partial charge in [0.05, 0.1) is 24.5 Å². The Bertz CT molecular complexity index is 827. The summed E-state index contributed by atoms with van der Waals surface area (Å²) in [6.07, 6.45) is 2.22. The first-order valence-electron chi connectivity index (χ1n) is 10.3. The number of carbonyl (C=O) groups is 1. The second-order valence-electron chi connectivity index (χ2n) is 7.39. The fourth-order valence-electron chi connectivity index (χ4n) is 3.94. The third-order valence-electron chi connectivity index (χ3n) is 5.56. The zero-order valence-corrected chi connectivity index (χ0v) is 16.9. The molecule has 0 radical (unpaired) electrons. The van der Waals surface area contributed by atoms with Gasteiger partial charge in [0.1, 0.15) is 18.1 Å². The fraction of sp³-hybridized carbons (Fsp3) is 0.435. The molecule has 0 bridgehead atoms. The molecule has 154 valence electrons. The zero-order valence-electron chi connectivity index (χ0n) is 16.9. The second-order valence-corrected chi connectivity index (χ2v) is 7.39. The Labute approximate surface area is 172 Å². The molecule has 2 saturated heterocycles. The third-order valence-corrected chi connectivity index (χ3v) is 5.56. The Morgan fingerprint density at radius 1 is 1.03 bits per heavy atom. The second kappa shape index (κ2) is 9.18. The van der Waals surface area contributed by atoms with Gasteiger partial charge < -0.3 is 24.0 Å². The maximum Gasteiger partial charge on any atom is 0.257 e. The Hall–Kier alpha value is -2.73. The molecule has 2 aliphatic rings. The summed E-state index contributed by atoms with van der Waals surface area (Å²) in [4.78, 5) is 17.3. The highest BCUT2D eigenvalue weighted by atomic mass is 16.5. The SMILES string of the molecule is COc1ccccc1N1CCN(C(=O)c2ccccc2OCC2CCCO2)CC1. The van der Waals surface area contributed by atoms with E-state index in [9.17, 15) is 4.79 Å². The summed E-state index contributed by atoms with van der Waals surface area (Å²) in [7, 11) is 1.69. The minimum atomic E-state index is 0.0209. The van der Waals surface area contributed by atoms with E-state index in [1.54, 1.807) is 7.11 Å². The Kier molecular flexibility index (Phi) is 6.20. The van der Waals surface area contributed by atoms with Crippen molar-refractivity contribution in [3.63, 3.8) is 0 Å². The van der Waals surface area contributed by atoms with Gasteiger partial charge in [0, 0.05) is 32.8 Å². The van der Waals surface area contributed by atoms with E-state index in [1.165, 1.54) is 0 Å². The predicted molar refractivity (Wildman–Crippen MR) is 112 cm³/mol. The van der Waals surface area contributed by atoms with Gasteiger partial charge in [-0.15, -0.1) is 0 Å². The van der Waals surface area contributed by atoms with Crippen LogP contribution in [0.1, 0.15) is 23.2 Å². The molecule has 1 atom stereocenters. The van der Waals surface area contributed by atoms with Gasteiger partial charge in [-0.25, -0.2) is 0 Å². The van der Waals surface area contributed by atoms with E-state index in [1.807, 2.05) is 47.4 Å². The van der Waals surface area contributed by atoms with Crippen LogP contribution in [0.2, 0.25) is 0 Å². The van der Waals surface area contributed by atoms with Crippen molar-refractivity contribution in [2.24, 2.45) is 0 Å². The predicted octanol–water partition coefficient (Wildman–Crippen LogP) is 3.22. The lowest BCUT2D eigenvalue weighted by atomic mass is 10.1. The molecule has 2 aromatic rings. The number of rotatable bonds is 6. The molecule has 29 heavy (non-hydrogen) atoms. The maximum atomic E-state index is 13.2. The van der Waals surface area contributed by atoms with Crippen LogP contribution >= 0.6 is 0 Å². The topological polar surface area (TPSA) is 51.2 Å². The van der Waals surface area contributed by atoms with E-state index >= 15 is 0 Å². The molecular weight excluding hydrogens is 368 g/mol. The van der Waals surface area contributed by atoms with Gasteiger partial charge in [0.2, 0.25) is 0 Å². The summed E-state index contributed by atoms with van der Waals surface area (Å²) in [5.74, 6) is 1.52. The Morgan fingerprint density at radius 2 is 1.76 bits per heavy atom. The van der Waals surface area contributed by atoms with Crippen LogP contribution in [0.4, 0.5) is 5.69 Å². The molecule has 0 aromatic heterocycles. The normalized spacial score (nSPS) is 19.3. The molecule has 0 saturated carbocycles. The Balaban J connectivity index is 1.39. The Morgan fingerprint density at radius 3 is 2.48 bits per heavy atom. The van der Waals surface area contributed by atoms with Crippen LogP contribution < -0.4 is 14.4 Å². The number of piperazine rings is 1. The fourth-order valence-corrected chi connectivity index (χ4v) is 3.94. The molecule has 0 aliphatic carbocycles. The van der Waals surface area contributed by atoms with Gasteiger partial charge in [0.15, 0.2) is 0 Å². The number of nitrogens with zero attached hydrogens (tertiary/aromatic N) is 2. The average molecular weight is 396 g/mol. The number of para-hydroxylation sites is 3. The van der Waals surface area contributed by atoms with E-state index in [0.29, 0.717) is 31.0 Å². The molecule has 2 aromatic carbocycles. The van der Waals surface area contributed by atoms with Crippen LogP contribution in [0.3, 0.4) is 0 Å². The highest BCUT2D eigenvalue weighted by Gasteiger charge is 2.26. The summed E-state index contributed by atoms with van der Waals surface area (Å²) in [5.41, 5.74) is 1.69. The summed E-state index contributed by atoms with van der Waals surface area (Å²) >= 11 is 0. The molecular formula is C23H28N2O4. The number of benzene rings is 2. The number of hydrogen-bond donors (Lipinski definition) is 0. The minimum Gasteiger partial charge on any atom is -0.495 e. The average Bonchev–Trinajstić information content (AvgIpc) is 3.31. The molecule has 4 rings (SSSR count). The minimum absolute atomic E-state index is 0.0209. The summed E-state index contributed by atoms with van der Waals surface area (Å²) in [6, 6.07) is 15.5. The highest BCUT2D eigenvalue weighted by Crippen LogP contribution is 2.29. The van der Waals surface area contributed by atoms with Crippen LogP contribution in [-0.4, -0.2) is 63.4 Å². The van der Waals surface area contributed by atoms with Crippen molar-refractivity contribution in [3.8, 4) is 11.5 Å². The van der Waals surface area contributed by atoms with Crippen molar-refractivity contribution in [2.75, 3.05) is 51.4 Å². The van der Waals surface area contributed by atoms with Gasteiger partial charge in [-0.05, 0) is 37.1 Å². The maximum absolute atomic E-state index is 13.2. The summed E-state index contributed by atoms with van der Waals surface area (Å²) in [5, 5.41) is 0. The first-order valence-corrected chi connectivity index (χ1v) is 10.3. The molecule has 0 N–H and O–H groups in total. The quantitative estimate of drug-likeness (QED) is 0.751. The molecule has 2 heterocycles. The number of hydrogen-bond acceptors (Lipinski definition) is 5. The molecule has 6 nitrogen and oxygen atoms in total. The summed E-state index contributed by atoms with van der Waals surface area (Å²) in [6.45, 7) is 4.15. The number of carbonyl (C=O) groups excluding carboxylic acids is 1. The number of ether oxygens (including phenoxy) is 3. The van der Waals surface area contributed by atoms with E-state index in [0.717, 1.165) is 44.0 Å². The standard InChI is InChI=1S/C23H28N2O4/c1-27-22-11-5-3-9-20(22)24-12-14-25(15-13-24)23(26)19-8-2-4-10-21(19)29-17-18-7-6-16-28-18/h2-5,8-11,18H,6-7,12-17H2,1H3. The molecule has 6 heteroatoms. The molecule has 2 aliphatic heterocycles. The van der Waals surface area contributed by atoms with Gasteiger partial charge in [-0.3, -0.25) is 4.79 Å². The largest absolute Gasteiger partial charge is 0.495 e. The van der Waals surface area contributed by atoms with Gasteiger partial charge in [0.25, 0.3) is 5.91 Å². The zero-order chi connectivity index (χ0) is 20.1. The number of amides is 1. The molecule has 1 amide bonds. The molecule has 0 spiro atoms. The summed E-state index contributed by atoms with van der Waals surface area (Å²) < 4.78 is 17.1. The highest BCUT2D eigenvalue weighted by molar-refractivity contribution is 5.97. The van der Waals surface area contributed by atoms with Crippen LogP contribution in [0, 0.1) is 0 Å². The lowest BCUT2D eigenvalue weighted by Crippen LogP contribution is -2.49. The van der Waals surface area contributed by atoms with Crippen molar-refractivity contribution < 1.29 is 19.0 Å². The molecule has 1 unspecified atom stereocenters. The van der Waals surface area contributed by atoms with Crippen molar-refractivity contribution in [2.45, 2.75) is 18.9 Å². The number of methoxy groups -OCH3 is 1. The monoisotopic (exact) mass is 396 g/mol. The van der Waals surface area contributed by atoms with Gasteiger partial charge in [-0.2, -0.15) is 0 Å². The van der Waals surface area contributed by atoms with Crippen LogP contribution in [0.25, 0.3) is 0 Å². The lowest BCUT2D eigenvalue weighted by Gasteiger charge is -2.36. The number of anilines is 1. The van der Waals surface area contributed by atoms with Crippen molar-refractivity contribution in [1.29, 1.82) is 0 Å². The van der Waals surface area contributed by atoms with E-state index in [4.69, 9.17) is 14.2 Å². The van der Waals surface area contributed by atoms with E-state index < -0.39 is 0 Å². The first-order chi connectivity index (χ1) is 14.3. The lowest BCUT2D eigenvalue weighted by molar-refractivity contribution is 0.0648. The van der Waals surface area contributed by atoms with Crippen molar-refractivity contribution >= 4 is 11.6 Å². The van der Waals surface area contributed by atoms with Gasteiger partial charge >= 0.3 is 0 Å². The van der Waals surface area contributed by atoms with Crippen LogP contribution in [-0.2, 0) is 4.74 Å². The smallest absolute Gasteiger partial charge is 0.257 e. The van der Waals surface area contributed by atoms with Crippen molar-refractivity contribution in [3.05, 3.63) is 54.1 Å². The van der Waals surface area contributed by atoms with E-state index in [-0.39, 0.29) is 12.0 Å². The van der Waals surface area contributed by atoms with E-state index in [2.05, 4.69) is 11.0 Å². The first kappa shape index (κ1) is 19.6. The van der Waals surface area contributed by atoms with Crippen molar-refractivity contribution in [1.82, 2.24) is 4.90 Å².